The fraction of sp³-hybridized carbons (Fsp3) is 0.419. The first kappa shape index (κ1) is 29.5. The van der Waals surface area contributed by atoms with Crippen LogP contribution < -0.4 is 9.31 Å². The van der Waals surface area contributed by atoms with Gasteiger partial charge in [-0.3, -0.25) is 0 Å². The number of benzene rings is 3. The van der Waals surface area contributed by atoms with E-state index in [-0.39, 0.29) is 6.10 Å². The monoisotopic (exact) mass is 489 g/mol. The molecule has 0 aliphatic rings. The van der Waals surface area contributed by atoms with Gasteiger partial charge in [0, 0.05) is 0 Å². The molecule has 0 fully saturated rings. The first-order valence-electron chi connectivity index (χ1n) is 13.0. The zero-order valence-corrected chi connectivity index (χ0v) is 23.3. The molecule has 5 heteroatoms. The van der Waals surface area contributed by atoms with Gasteiger partial charge in [-0.2, -0.15) is 35.9 Å². The van der Waals surface area contributed by atoms with Crippen LogP contribution in [-0.2, 0) is 4.65 Å². The van der Waals surface area contributed by atoms with Crippen LogP contribution in [0, 0.1) is 26.8 Å². The Morgan fingerprint density at radius 3 is 1.75 bits per heavy atom. The molecule has 0 spiro atoms. The van der Waals surface area contributed by atoms with Crippen molar-refractivity contribution < 1.29 is 18.4 Å². The fourth-order valence-corrected chi connectivity index (χ4v) is 3.74. The molecule has 3 rings (SSSR count). The Morgan fingerprint density at radius 1 is 0.778 bits per heavy atom. The quantitative estimate of drug-likeness (QED) is 0.116. The second-order valence-corrected chi connectivity index (χ2v) is 10.3. The summed E-state index contributed by atoms with van der Waals surface area (Å²) in [5.41, 5.74) is 3.31. The van der Waals surface area contributed by atoms with Gasteiger partial charge in [-0.05, 0) is 43.5 Å². The number of quaternary nitrogens is 1. The van der Waals surface area contributed by atoms with Crippen molar-refractivity contribution >= 4 is 7.32 Å². The lowest BCUT2D eigenvalue weighted by molar-refractivity contribution is -0.873. The van der Waals surface area contributed by atoms with E-state index < -0.39 is 7.32 Å². The third-order valence-corrected chi connectivity index (χ3v) is 5.68. The van der Waals surface area contributed by atoms with Gasteiger partial charge in [-0.25, -0.2) is 0 Å². The van der Waals surface area contributed by atoms with E-state index in [4.69, 9.17) is 14.0 Å². The van der Waals surface area contributed by atoms with E-state index >= 15 is 0 Å². The van der Waals surface area contributed by atoms with E-state index in [9.17, 15) is 0 Å². The smallest absolute Gasteiger partial charge is 0.501 e. The van der Waals surface area contributed by atoms with Crippen LogP contribution in [-0.4, -0.2) is 45.6 Å². The maximum absolute atomic E-state index is 6.43. The van der Waals surface area contributed by atoms with Crippen molar-refractivity contribution in [2.24, 2.45) is 0 Å². The summed E-state index contributed by atoms with van der Waals surface area (Å²) in [7, 11) is 5.77. The Labute approximate surface area is 220 Å². The van der Waals surface area contributed by atoms with Crippen molar-refractivity contribution in [3.63, 3.8) is 0 Å². The summed E-state index contributed by atoms with van der Waals surface area (Å²) in [6, 6.07) is 26.9. The molecule has 0 aromatic heterocycles. The highest BCUT2D eigenvalue weighted by Gasteiger charge is 2.34. The summed E-state index contributed by atoms with van der Waals surface area (Å²) < 4.78 is 19.7. The fourth-order valence-electron chi connectivity index (χ4n) is 3.74. The largest absolute Gasteiger partial charge is 0.788 e. The normalized spacial score (nSPS) is 11.8. The summed E-state index contributed by atoms with van der Waals surface area (Å²) >= 11 is 0. The van der Waals surface area contributed by atoms with Gasteiger partial charge in [0.05, 0.1) is 27.2 Å². The topological polar surface area (TPSA) is 27.7 Å². The molecule has 3 aromatic carbocycles. The predicted octanol–water partition coefficient (Wildman–Crippen LogP) is 7.21. The van der Waals surface area contributed by atoms with Gasteiger partial charge in [-0.1, -0.05) is 69.5 Å². The van der Waals surface area contributed by atoms with E-state index in [1.54, 1.807) is 0 Å². The molecule has 194 valence electrons. The van der Waals surface area contributed by atoms with Crippen LogP contribution in [0.5, 0.6) is 11.5 Å². The average molecular weight is 490 g/mol. The van der Waals surface area contributed by atoms with E-state index in [0.29, 0.717) is 0 Å². The Morgan fingerprint density at radius 2 is 1.33 bits per heavy atom. The Kier molecular flexibility index (Phi) is 12.6. The van der Waals surface area contributed by atoms with Crippen LogP contribution in [0.3, 0.4) is 0 Å². The molecule has 36 heavy (non-hydrogen) atoms. The number of nitrogens with zero attached hydrogens (tertiary/aromatic N) is 1. The van der Waals surface area contributed by atoms with E-state index in [1.807, 2.05) is 93.6 Å². The number of likely N-dealkylation sites (N-methyl/N-ethyl adjacent to an activating group) is 1. The van der Waals surface area contributed by atoms with Crippen LogP contribution in [0.25, 0.3) is 0 Å². The van der Waals surface area contributed by atoms with Crippen LogP contribution in [0.4, 0.5) is 0 Å². The molecule has 4 nitrogen and oxygen atoms in total. The lowest BCUT2D eigenvalue weighted by atomic mass is 10.1. The lowest BCUT2D eigenvalue weighted by Gasteiger charge is -2.30. The molecule has 1 unspecified atom stereocenters. The van der Waals surface area contributed by atoms with Gasteiger partial charge >= 0.3 is 7.32 Å². The van der Waals surface area contributed by atoms with Crippen molar-refractivity contribution in [3.8, 4) is 11.5 Å². The molecule has 1 atom stereocenters. The SMILES string of the molecule is CCCCCC(C[N+](C)(C)C)OB(Oc1ccccc1C)Oc1ccccc1C.Cc1[c-]cccc1. The summed E-state index contributed by atoms with van der Waals surface area (Å²) in [5, 5.41) is 0. The minimum Gasteiger partial charge on any atom is -0.501 e. The zero-order valence-electron chi connectivity index (χ0n) is 23.3. The number of para-hydroxylation sites is 2. The van der Waals surface area contributed by atoms with Crippen LogP contribution >= 0.6 is 0 Å². The lowest BCUT2D eigenvalue weighted by Crippen LogP contribution is -2.47. The third-order valence-electron chi connectivity index (χ3n) is 5.68. The molecule has 0 aliphatic heterocycles. The van der Waals surface area contributed by atoms with Gasteiger partial charge in [0.1, 0.15) is 18.0 Å². The van der Waals surface area contributed by atoms with Crippen molar-refractivity contribution in [3.05, 3.63) is 95.6 Å². The van der Waals surface area contributed by atoms with Crippen LogP contribution in [0.2, 0.25) is 0 Å². The first-order valence-corrected chi connectivity index (χ1v) is 13.0. The Bertz CT molecular complexity index is 956. The minimum absolute atomic E-state index is 0.0552. The highest BCUT2D eigenvalue weighted by molar-refractivity contribution is 6.38. The van der Waals surface area contributed by atoms with Gasteiger partial charge in [-0.15, -0.1) is 0 Å². The van der Waals surface area contributed by atoms with Gasteiger partial charge in [0.2, 0.25) is 0 Å². The van der Waals surface area contributed by atoms with Gasteiger partial charge in [0.15, 0.2) is 0 Å². The summed E-state index contributed by atoms with van der Waals surface area (Å²) in [6.07, 6.45) is 4.59. The number of rotatable bonds is 12. The first-order chi connectivity index (χ1) is 17.2. The van der Waals surface area contributed by atoms with E-state index in [1.165, 1.54) is 18.4 Å². The predicted molar refractivity (Wildman–Crippen MR) is 151 cm³/mol. The molecule has 0 amide bonds. The molecule has 0 N–H and O–H groups in total. The molecule has 0 saturated carbocycles. The Balaban J connectivity index is 0.000000558. The second kappa shape index (κ2) is 15.4. The standard InChI is InChI=1S/C24H37BNO3.C7H7/c1-7-8-9-16-22(19-26(4,5)6)27-25(28-23-17-12-10-14-20(23)2)29-24-18-13-11-15-21(24)3;1-7-5-3-2-4-6-7/h10-15,17-18,22H,7-9,16,19H2,1-6H3;2-5H,1H3/q+1;-1. The summed E-state index contributed by atoms with van der Waals surface area (Å²) in [4.78, 5) is 0. The van der Waals surface area contributed by atoms with Gasteiger partial charge < -0.3 is 18.4 Å². The van der Waals surface area contributed by atoms with Crippen molar-refractivity contribution in [1.82, 2.24) is 0 Å². The third kappa shape index (κ3) is 11.8. The molecule has 0 aliphatic carbocycles. The summed E-state index contributed by atoms with van der Waals surface area (Å²) in [5.74, 6) is 1.56. The van der Waals surface area contributed by atoms with Crippen molar-refractivity contribution in [1.29, 1.82) is 0 Å². The van der Waals surface area contributed by atoms with Crippen molar-refractivity contribution in [2.75, 3.05) is 27.7 Å². The van der Waals surface area contributed by atoms with Crippen LogP contribution in [0.1, 0.15) is 49.3 Å². The maximum atomic E-state index is 6.43. The number of hydrogen-bond acceptors (Lipinski definition) is 3. The average Bonchev–Trinajstić information content (AvgIpc) is 2.82. The molecule has 0 saturated heterocycles. The molecule has 0 bridgehead atoms. The Hall–Kier alpha value is -2.76. The van der Waals surface area contributed by atoms with Crippen LogP contribution in [0.15, 0.2) is 72.8 Å². The number of unbranched alkanes of at least 4 members (excludes halogenated alkanes) is 2. The molecule has 0 radical (unpaired) electrons. The molecular weight excluding hydrogens is 445 g/mol. The highest BCUT2D eigenvalue weighted by atomic mass is 16.7. The number of aryl methyl sites for hydroxylation is 3. The van der Waals surface area contributed by atoms with Crippen molar-refractivity contribution in [2.45, 2.75) is 59.5 Å². The molecule has 3 aromatic rings. The van der Waals surface area contributed by atoms with Gasteiger partial charge in [0.25, 0.3) is 0 Å². The number of hydrogen-bond donors (Lipinski definition) is 0. The van der Waals surface area contributed by atoms with E-state index in [2.05, 4.69) is 34.1 Å². The van der Waals surface area contributed by atoms with E-state index in [0.717, 1.165) is 46.5 Å². The maximum Gasteiger partial charge on any atom is 0.788 e. The minimum atomic E-state index is -0.796. The second-order valence-electron chi connectivity index (χ2n) is 10.3. The zero-order chi connectivity index (χ0) is 26.4. The summed E-state index contributed by atoms with van der Waals surface area (Å²) in [6.45, 7) is 9.21. The highest BCUT2D eigenvalue weighted by Crippen LogP contribution is 2.23. The molecule has 0 heterocycles. The molecular formula is C31H44BNO3.